The molecule has 0 saturated carbocycles. The predicted molar refractivity (Wildman–Crippen MR) is 183 cm³/mol. The van der Waals surface area contributed by atoms with Crippen molar-refractivity contribution in [2.45, 2.75) is 105 Å². The fourth-order valence-corrected chi connectivity index (χ4v) is 10.9. The Morgan fingerprint density at radius 3 is 2.68 bits per heavy atom. The highest BCUT2D eigenvalue weighted by atomic mass is 32.2. The second-order valence-corrected chi connectivity index (χ2v) is 15.3. The number of thioether (sulfide) groups is 1. The van der Waals surface area contributed by atoms with Gasteiger partial charge in [-0.2, -0.15) is 0 Å². The van der Waals surface area contributed by atoms with Gasteiger partial charge in [-0.05, 0) is 110 Å². The molecule has 2 N–H and O–H groups in total. The number of benzene rings is 1. The van der Waals surface area contributed by atoms with Crippen LogP contribution in [-0.4, -0.2) is 34.6 Å². The van der Waals surface area contributed by atoms with Crippen molar-refractivity contribution in [1.82, 2.24) is 15.5 Å². The molecular formula is C40H45N3S. The Morgan fingerprint density at radius 2 is 1.73 bits per heavy atom. The number of hydrogen-bond acceptors (Lipinski definition) is 4. The molecular weight excluding hydrogens is 555 g/mol. The molecule has 0 bridgehead atoms. The zero-order valence-electron chi connectivity index (χ0n) is 25.7. The van der Waals surface area contributed by atoms with Crippen LogP contribution in [0, 0.1) is 11.8 Å². The molecule has 5 aliphatic carbocycles. The zero-order chi connectivity index (χ0) is 29.0. The number of nitrogens with one attached hydrogen (secondary N) is 2. The lowest BCUT2D eigenvalue weighted by Crippen LogP contribution is -2.67. The number of rotatable bonds is 4. The van der Waals surface area contributed by atoms with Gasteiger partial charge >= 0.3 is 0 Å². The molecule has 226 valence electrons. The van der Waals surface area contributed by atoms with Crippen molar-refractivity contribution < 1.29 is 0 Å². The normalized spacial score (nSPS) is 37.2. The van der Waals surface area contributed by atoms with Gasteiger partial charge in [0.2, 0.25) is 0 Å². The van der Waals surface area contributed by atoms with Crippen LogP contribution in [0.5, 0.6) is 0 Å². The van der Waals surface area contributed by atoms with Gasteiger partial charge in [0, 0.05) is 39.8 Å². The van der Waals surface area contributed by atoms with E-state index in [9.17, 15) is 0 Å². The molecule has 0 aromatic heterocycles. The van der Waals surface area contributed by atoms with Gasteiger partial charge in [0.15, 0.2) is 0 Å². The van der Waals surface area contributed by atoms with E-state index in [0.29, 0.717) is 35.9 Å². The summed E-state index contributed by atoms with van der Waals surface area (Å²) in [7, 11) is 0. The largest absolute Gasteiger partial charge is 0.336 e. The summed E-state index contributed by atoms with van der Waals surface area (Å²) in [6, 6.07) is 10.4. The summed E-state index contributed by atoms with van der Waals surface area (Å²) >= 11 is 2.12. The van der Waals surface area contributed by atoms with Gasteiger partial charge < -0.3 is 4.90 Å². The number of nitrogens with zero attached hydrogens (tertiary/aromatic N) is 1. The highest BCUT2D eigenvalue weighted by Crippen LogP contribution is 2.52. The van der Waals surface area contributed by atoms with Crippen LogP contribution in [0.2, 0.25) is 0 Å². The van der Waals surface area contributed by atoms with Gasteiger partial charge in [0.25, 0.3) is 0 Å². The average Bonchev–Trinajstić information content (AvgIpc) is 3.64. The Morgan fingerprint density at radius 1 is 0.818 bits per heavy atom. The quantitative estimate of drug-likeness (QED) is 0.362. The average molecular weight is 600 g/mol. The summed E-state index contributed by atoms with van der Waals surface area (Å²) in [5.41, 5.74) is 9.45. The highest BCUT2D eigenvalue weighted by Gasteiger charge is 2.45. The first-order chi connectivity index (χ1) is 21.8. The second kappa shape index (κ2) is 11.5. The first-order valence-electron chi connectivity index (χ1n) is 17.4. The molecule has 9 rings (SSSR count). The topological polar surface area (TPSA) is 27.3 Å². The predicted octanol–water partition coefficient (Wildman–Crippen LogP) is 8.60. The maximum absolute atomic E-state index is 4.24. The molecule has 3 nitrogen and oxygen atoms in total. The molecule has 8 unspecified atom stereocenters. The third kappa shape index (κ3) is 4.80. The number of fused-ring (bicyclic) bond motifs is 5. The summed E-state index contributed by atoms with van der Waals surface area (Å²) in [4.78, 5) is 4.21. The minimum Gasteiger partial charge on any atom is -0.336 e. The van der Waals surface area contributed by atoms with Crippen molar-refractivity contribution in [2.24, 2.45) is 11.8 Å². The Bertz CT molecular complexity index is 1570. The van der Waals surface area contributed by atoms with Crippen molar-refractivity contribution in [3.63, 3.8) is 0 Å². The van der Waals surface area contributed by atoms with Crippen LogP contribution in [0.15, 0.2) is 124 Å². The Balaban J connectivity index is 1.03. The van der Waals surface area contributed by atoms with Crippen molar-refractivity contribution in [3.05, 3.63) is 125 Å². The van der Waals surface area contributed by atoms with Crippen LogP contribution < -0.4 is 10.6 Å². The van der Waals surface area contributed by atoms with Gasteiger partial charge in [0.05, 0.1) is 6.04 Å². The molecule has 44 heavy (non-hydrogen) atoms. The van der Waals surface area contributed by atoms with Gasteiger partial charge in [-0.1, -0.05) is 79.0 Å². The molecule has 1 fully saturated rings. The Kier molecular flexibility index (Phi) is 7.21. The maximum atomic E-state index is 4.24. The highest BCUT2D eigenvalue weighted by molar-refractivity contribution is 8.00. The standard InChI is InChI=1S/C40H45N3S/c1-2-11-26(12-3-1)34-25-35(42-40(41-34)43-36-18-7-4-15-30(36)31-16-5-8-19-37(31)43)29-14-10-13-27(23-29)28-21-22-39-33(24-28)32-17-6-9-20-38(32)44-39/h2,4,6-9,11-12,15,17-20,23-24,29-30,33-36,39-42H,1,3,5,10,13-14,16,21-22,25H2. The molecule has 0 amide bonds. The lowest BCUT2D eigenvalue weighted by molar-refractivity contribution is 0.0876. The number of allylic oxidation sites excluding steroid dienone is 9. The van der Waals surface area contributed by atoms with Crippen molar-refractivity contribution in [3.8, 4) is 0 Å². The Labute approximate surface area is 267 Å². The van der Waals surface area contributed by atoms with Crippen LogP contribution in [-0.2, 0) is 0 Å². The van der Waals surface area contributed by atoms with Crippen molar-refractivity contribution in [1.29, 1.82) is 0 Å². The SMILES string of the molecule is C1=CC2C3=C(C=CCC3)N(C3NC(C4=CCCC=C4)CC(C4C=C(C5=CC6c7ccccc7SC6CC5)CCC4)N3)C2C=C1. The molecule has 1 aromatic rings. The minimum atomic E-state index is 0.120. The minimum absolute atomic E-state index is 0.120. The van der Waals surface area contributed by atoms with E-state index in [1.165, 1.54) is 67.5 Å². The fraction of sp³-hybridized carbons (Fsp3) is 0.450. The van der Waals surface area contributed by atoms with Crippen molar-refractivity contribution >= 4 is 11.8 Å². The molecule has 8 atom stereocenters. The fourth-order valence-electron chi connectivity index (χ4n) is 9.47. The lowest BCUT2D eigenvalue weighted by Gasteiger charge is -2.48. The van der Waals surface area contributed by atoms with E-state index >= 15 is 0 Å². The van der Waals surface area contributed by atoms with E-state index in [2.05, 4.69) is 118 Å². The van der Waals surface area contributed by atoms with E-state index < -0.39 is 0 Å². The van der Waals surface area contributed by atoms with E-state index in [0.717, 1.165) is 18.1 Å². The van der Waals surface area contributed by atoms with Crippen LogP contribution >= 0.6 is 11.8 Å². The number of hydrogen-bond donors (Lipinski definition) is 2. The van der Waals surface area contributed by atoms with Gasteiger partial charge in [0.1, 0.15) is 6.29 Å². The third-order valence-corrected chi connectivity index (χ3v) is 13.0. The summed E-state index contributed by atoms with van der Waals surface area (Å²) in [6.07, 6.45) is 39.3. The first-order valence-corrected chi connectivity index (χ1v) is 18.3. The first kappa shape index (κ1) is 27.5. The van der Waals surface area contributed by atoms with E-state index in [-0.39, 0.29) is 6.29 Å². The summed E-state index contributed by atoms with van der Waals surface area (Å²) < 4.78 is 0. The van der Waals surface area contributed by atoms with Gasteiger partial charge in [-0.3, -0.25) is 10.6 Å². The monoisotopic (exact) mass is 599 g/mol. The lowest BCUT2D eigenvalue weighted by atomic mass is 9.76. The Hall–Kier alpha value is -2.79. The molecule has 1 aromatic carbocycles. The summed E-state index contributed by atoms with van der Waals surface area (Å²) in [6.45, 7) is 0. The molecule has 1 saturated heterocycles. The summed E-state index contributed by atoms with van der Waals surface area (Å²) in [5.74, 6) is 1.65. The zero-order valence-corrected chi connectivity index (χ0v) is 26.5. The van der Waals surface area contributed by atoms with Crippen LogP contribution in [0.25, 0.3) is 0 Å². The van der Waals surface area contributed by atoms with E-state index in [1.54, 1.807) is 22.3 Å². The summed E-state index contributed by atoms with van der Waals surface area (Å²) in [5, 5.41) is 9.11. The van der Waals surface area contributed by atoms with Gasteiger partial charge in [-0.25, -0.2) is 0 Å². The molecule has 4 heteroatoms. The van der Waals surface area contributed by atoms with Crippen LogP contribution in [0.3, 0.4) is 0 Å². The maximum Gasteiger partial charge on any atom is 0.136 e. The molecule has 8 aliphatic rings. The van der Waals surface area contributed by atoms with Crippen molar-refractivity contribution in [2.75, 3.05) is 0 Å². The second-order valence-electron chi connectivity index (χ2n) is 14.1. The van der Waals surface area contributed by atoms with Crippen LogP contribution in [0.4, 0.5) is 0 Å². The molecule has 3 heterocycles. The molecule has 3 aliphatic heterocycles. The van der Waals surface area contributed by atoms with Crippen LogP contribution in [0.1, 0.15) is 75.7 Å². The third-order valence-electron chi connectivity index (χ3n) is 11.6. The van der Waals surface area contributed by atoms with Gasteiger partial charge in [-0.15, -0.1) is 11.8 Å². The smallest absolute Gasteiger partial charge is 0.136 e. The van der Waals surface area contributed by atoms with E-state index in [4.69, 9.17) is 0 Å². The molecule has 0 radical (unpaired) electrons. The molecule has 0 spiro atoms. The van der Waals surface area contributed by atoms with E-state index in [1.807, 2.05) is 0 Å².